The van der Waals surface area contributed by atoms with Crippen LogP contribution in [0.5, 0.6) is 23.0 Å². The molecule has 0 aliphatic heterocycles. The Kier molecular flexibility index (Phi) is 18.1. The Hall–Kier alpha value is -7.58. The van der Waals surface area contributed by atoms with E-state index in [2.05, 4.69) is 252 Å². The maximum atomic E-state index is 16.6. The first-order valence-electron chi connectivity index (χ1n) is 34.6. The summed E-state index contributed by atoms with van der Waals surface area (Å²) in [5.41, 5.74) is 12.7. The van der Waals surface area contributed by atoms with Crippen molar-refractivity contribution >= 4 is 43.6 Å². The SMILES string of the molecule is CCc1cc(F)cc(-c2cc(C(C)(C)CC(C)(C)C)cc(-n3c4cc(C(C)(C)C)ccc4c4ccc(C(C)(C)C)cc43)c2O)c1O[C@H](C)C[C@H](C)Oc1ccc(F)cc1-c1cc(C(C)(C)CC(C)(C)C)cc(-n2c3cc(C(C)(C)C)ccc3c3ccc(C(C)(C)C)cc32)c1O. The summed E-state index contributed by atoms with van der Waals surface area (Å²) in [6.07, 6.45) is 1.46. The van der Waals surface area contributed by atoms with Crippen molar-refractivity contribution in [2.75, 3.05) is 0 Å². The molecule has 8 aromatic carbocycles. The number of halogens is 2. The molecule has 2 heterocycles. The fourth-order valence-corrected chi connectivity index (χ4v) is 15.1. The van der Waals surface area contributed by atoms with Gasteiger partial charge in [0.15, 0.2) is 0 Å². The number of aryl methyl sites for hydroxylation is 1. The molecule has 0 saturated carbocycles. The van der Waals surface area contributed by atoms with Gasteiger partial charge < -0.3 is 28.8 Å². The molecular weight excluding hydrogens is 1170 g/mol. The normalized spacial score (nSPS) is 14.0. The molecule has 8 heteroatoms. The van der Waals surface area contributed by atoms with Crippen LogP contribution in [0, 0.1) is 22.5 Å². The molecule has 0 amide bonds. The summed E-state index contributed by atoms with van der Waals surface area (Å²) < 4.78 is 51.5. The fourth-order valence-electron chi connectivity index (χ4n) is 15.1. The first kappa shape index (κ1) is 70.2. The van der Waals surface area contributed by atoms with Gasteiger partial charge in [-0.25, -0.2) is 8.78 Å². The molecule has 2 N–H and O–H groups in total. The second-order valence-electron chi connectivity index (χ2n) is 35.7. The first-order valence-corrected chi connectivity index (χ1v) is 34.6. The summed E-state index contributed by atoms with van der Waals surface area (Å²) in [5.74, 6) is 0.0252. The molecule has 0 spiro atoms. The minimum absolute atomic E-state index is 0.0110. The zero-order valence-corrected chi connectivity index (χ0v) is 62.0. The zero-order valence-electron chi connectivity index (χ0n) is 62.0. The van der Waals surface area contributed by atoms with Crippen LogP contribution in [0.4, 0.5) is 8.78 Å². The summed E-state index contributed by atoms with van der Waals surface area (Å²) in [6.45, 7) is 55.2. The lowest BCUT2D eigenvalue weighted by Crippen LogP contribution is -2.25. The number of aromatic hydroxyl groups is 2. The van der Waals surface area contributed by atoms with Crippen LogP contribution in [0.15, 0.2) is 127 Å². The standard InChI is InChI=1S/C87H108F2N2O4/c1-26-53-38-61(89)48-69(68-40-59(87(24,25)50-81(7,8)9)46-75(78(68)93)91-72-43-56(84(16,17)18)29-34-64(72)65-35-30-57(44-73(65)91)85(19,20)21)79(53)95-52(3)37-51(2)94-76-36-31-60(88)47-66(76)67-39-58(86(22,23)49-80(4,5)6)45-74(77(67)92)90-70-41-54(82(10,11)12)27-32-62(70)63-33-28-55(42-71(63)90)83(13,14)15/h27-36,38-48,51-52,92-93H,26,37,49-50H2,1-25H3/t51-,52+/m0/s1. The van der Waals surface area contributed by atoms with E-state index in [0.29, 0.717) is 63.5 Å². The number of nitrogens with zero attached hydrogens (tertiary/aromatic N) is 2. The Labute approximate surface area is 567 Å². The largest absolute Gasteiger partial charge is 0.505 e. The van der Waals surface area contributed by atoms with Crippen molar-refractivity contribution in [2.24, 2.45) is 10.8 Å². The number of phenols is 2. The quantitative estimate of drug-likeness (QED) is 0.107. The van der Waals surface area contributed by atoms with Crippen LogP contribution in [-0.2, 0) is 38.9 Å². The van der Waals surface area contributed by atoms with Gasteiger partial charge in [-0.2, -0.15) is 0 Å². The van der Waals surface area contributed by atoms with Crippen LogP contribution < -0.4 is 9.47 Å². The number of aromatic nitrogens is 2. The van der Waals surface area contributed by atoms with E-state index in [1.165, 1.54) is 40.5 Å². The van der Waals surface area contributed by atoms with Crippen LogP contribution in [0.3, 0.4) is 0 Å². The zero-order chi connectivity index (χ0) is 70.0. The molecule has 0 aliphatic carbocycles. The molecular formula is C87H108F2N2O4. The Morgan fingerprint density at radius 2 is 0.726 bits per heavy atom. The van der Waals surface area contributed by atoms with E-state index in [4.69, 9.17) is 9.47 Å². The van der Waals surface area contributed by atoms with Crippen molar-refractivity contribution < 1.29 is 28.5 Å². The summed E-state index contributed by atoms with van der Waals surface area (Å²) in [5, 5.41) is 31.0. The van der Waals surface area contributed by atoms with Gasteiger partial charge in [0.25, 0.3) is 0 Å². The third-order valence-corrected chi connectivity index (χ3v) is 19.5. The van der Waals surface area contributed by atoms with Crippen LogP contribution in [0.1, 0.15) is 231 Å². The Morgan fingerprint density at radius 3 is 1.07 bits per heavy atom. The molecule has 0 bridgehead atoms. The molecule has 504 valence electrons. The van der Waals surface area contributed by atoms with E-state index in [1.54, 1.807) is 12.1 Å². The molecule has 0 fully saturated rings. The molecule has 10 aromatic rings. The summed E-state index contributed by atoms with van der Waals surface area (Å²) in [4.78, 5) is 0. The van der Waals surface area contributed by atoms with Gasteiger partial charge in [-0.1, -0.05) is 208 Å². The number of fused-ring (bicyclic) bond motifs is 6. The average Bonchev–Trinajstić information content (AvgIpc) is 1.62. The molecule has 2 atom stereocenters. The van der Waals surface area contributed by atoms with Crippen molar-refractivity contribution in [3.63, 3.8) is 0 Å². The number of rotatable bonds is 15. The molecule has 6 nitrogen and oxygen atoms in total. The Balaban J connectivity index is 1.10. The second-order valence-corrected chi connectivity index (χ2v) is 35.7. The van der Waals surface area contributed by atoms with Gasteiger partial charge in [0.2, 0.25) is 0 Å². The summed E-state index contributed by atoms with van der Waals surface area (Å²) in [7, 11) is 0. The van der Waals surface area contributed by atoms with Gasteiger partial charge in [0, 0.05) is 50.2 Å². The van der Waals surface area contributed by atoms with Crippen molar-refractivity contribution in [1.82, 2.24) is 9.13 Å². The third-order valence-electron chi connectivity index (χ3n) is 19.5. The number of ether oxygens (including phenoxy) is 2. The molecule has 10 rings (SSSR count). The highest BCUT2D eigenvalue weighted by atomic mass is 19.1. The van der Waals surface area contributed by atoms with Gasteiger partial charge in [-0.05, 0) is 194 Å². The van der Waals surface area contributed by atoms with Crippen molar-refractivity contribution in [3.8, 4) is 56.6 Å². The van der Waals surface area contributed by atoms with Crippen molar-refractivity contribution in [1.29, 1.82) is 0 Å². The van der Waals surface area contributed by atoms with Crippen LogP contribution >= 0.6 is 0 Å². The van der Waals surface area contributed by atoms with E-state index in [-0.39, 0.29) is 44.0 Å². The number of benzene rings is 8. The van der Waals surface area contributed by atoms with Crippen molar-refractivity contribution in [2.45, 2.75) is 243 Å². The Morgan fingerprint density at radius 1 is 0.379 bits per heavy atom. The fraction of sp³-hybridized carbons (Fsp3) is 0.448. The lowest BCUT2D eigenvalue weighted by atomic mass is 9.71. The van der Waals surface area contributed by atoms with Crippen LogP contribution in [0.25, 0.3) is 77.2 Å². The first-order chi connectivity index (χ1) is 43.7. The average molecular weight is 1280 g/mol. The van der Waals surface area contributed by atoms with E-state index in [1.807, 2.05) is 26.8 Å². The predicted octanol–water partition coefficient (Wildman–Crippen LogP) is 24.7. The smallest absolute Gasteiger partial charge is 0.147 e. The highest BCUT2D eigenvalue weighted by Gasteiger charge is 2.35. The molecule has 95 heavy (non-hydrogen) atoms. The second kappa shape index (κ2) is 24.5. The van der Waals surface area contributed by atoms with E-state index in [0.717, 1.165) is 67.6 Å². The highest BCUT2D eigenvalue weighted by molar-refractivity contribution is 6.11. The molecule has 0 saturated heterocycles. The van der Waals surface area contributed by atoms with Gasteiger partial charge >= 0.3 is 0 Å². The van der Waals surface area contributed by atoms with E-state index >= 15 is 8.78 Å². The van der Waals surface area contributed by atoms with Crippen LogP contribution in [-0.4, -0.2) is 31.6 Å². The summed E-state index contributed by atoms with van der Waals surface area (Å²) in [6, 6.07) is 42.8. The maximum Gasteiger partial charge on any atom is 0.147 e. The molecule has 0 aliphatic rings. The molecule has 2 aromatic heterocycles. The Bertz CT molecular complexity index is 4440. The summed E-state index contributed by atoms with van der Waals surface area (Å²) >= 11 is 0. The third kappa shape index (κ3) is 14.3. The molecule has 0 radical (unpaired) electrons. The highest BCUT2D eigenvalue weighted by Crippen LogP contribution is 2.51. The predicted molar refractivity (Wildman–Crippen MR) is 399 cm³/mol. The maximum absolute atomic E-state index is 16.6. The van der Waals surface area contributed by atoms with E-state index < -0.39 is 34.7 Å². The lowest BCUT2D eigenvalue weighted by molar-refractivity contribution is 0.131. The molecule has 0 unspecified atom stereocenters. The number of phenolic OH excluding ortho intramolecular Hbond substituents is 2. The van der Waals surface area contributed by atoms with Gasteiger partial charge in [0.1, 0.15) is 34.6 Å². The topological polar surface area (TPSA) is 68.8 Å². The lowest BCUT2D eigenvalue weighted by Gasteiger charge is -2.34. The van der Waals surface area contributed by atoms with Gasteiger partial charge in [-0.15, -0.1) is 0 Å². The number of hydrogen-bond acceptors (Lipinski definition) is 4. The van der Waals surface area contributed by atoms with E-state index in [9.17, 15) is 10.2 Å². The number of hydrogen-bond donors (Lipinski definition) is 2. The van der Waals surface area contributed by atoms with Gasteiger partial charge in [0.05, 0.1) is 45.6 Å². The minimum atomic E-state index is -0.512. The van der Waals surface area contributed by atoms with Crippen molar-refractivity contribution in [3.05, 3.63) is 178 Å². The van der Waals surface area contributed by atoms with Gasteiger partial charge in [-0.3, -0.25) is 0 Å². The minimum Gasteiger partial charge on any atom is -0.505 e. The monoisotopic (exact) mass is 1280 g/mol. The van der Waals surface area contributed by atoms with Crippen LogP contribution in [0.2, 0.25) is 0 Å².